The van der Waals surface area contributed by atoms with Crippen LogP contribution in [0.3, 0.4) is 0 Å². The van der Waals surface area contributed by atoms with E-state index in [4.69, 9.17) is 4.74 Å². The second-order valence-electron chi connectivity index (χ2n) is 10.4. The van der Waals surface area contributed by atoms with Crippen LogP contribution in [0.1, 0.15) is 22.3 Å². The maximum absolute atomic E-state index is 12.9. The molecule has 6 rings (SSSR count). The van der Waals surface area contributed by atoms with Crippen molar-refractivity contribution in [2.75, 3.05) is 0 Å². The second-order valence-corrected chi connectivity index (χ2v) is 13.1. The number of amidine groups is 1. The van der Waals surface area contributed by atoms with Gasteiger partial charge in [-0.05, 0) is 82.7 Å². The molecular formula is C33H27N7O5S2. The van der Waals surface area contributed by atoms with Gasteiger partial charge in [-0.3, -0.25) is 9.59 Å². The molecule has 2 amide bonds. The van der Waals surface area contributed by atoms with Crippen LogP contribution in [0.4, 0.5) is 5.69 Å². The molecule has 0 aliphatic carbocycles. The number of amides is 2. The van der Waals surface area contributed by atoms with E-state index in [0.717, 1.165) is 11.1 Å². The number of carbonyl (C=O) groups excluding carboxylic acids is 2. The van der Waals surface area contributed by atoms with Crippen LogP contribution in [0.15, 0.2) is 118 Å². The molecule has 2 N–H and O–H groups in total. The lowest BCUT2D eigenvalue weighted by atomic mass is 10.1. The van der Waals surface area contributed by atoms with Crippen molar-refractivity contribution in [1.29, 1.82) is 0 Å². The maximum atomic E-state index is 12.9. The van der Waals surface area contributed by atoms with E-state index in [-0.39, 0.29) is 17.2 Å². The molecule has 0 bridgehead atoms. The van der Waals surface area contributed by atoms with Gasteiger partial charge in [-0.15, -0.1) is 5.10 Å². The molecule has 1 aromatic heterocycles. The summed E-state index contributed by atoms with van der Waals surface area (Å²) < 4.78 is 34.8. The first-order valence-electron chi connectivity index (χ1n) is 14.3. The Labute approximate surface area is 274 Å². The minimum absolute atomic E-state index is 0.0180. The zero-order chi connectivity index (χ0) is 32.8. The standard InChI is InChI=1S/C33H27N7O5S2/c1-22-7-15-28(16-8-22)47(43,44)37-31(41)17-23-9-12-26(13-10-23)35-33-36-32(42)30(46-33)18-25-11-14-27(40-21-34-38-39-40)19-29(25)45-20-24-5-3-2-4-6-24/h2-16,18-19,21H,17,20H2,1H3,(H,37,41)(H,35,36,42)/b30-18+. The van der Waals surface area contributed by atoms with Crippen LogP contribution in [-0.2, 0) is 32.6 Å². The molecule has 12 nitrogen and oxygen atoms in total. The quantitative estimate of drug-likeness (QED) is 0.205. The SMILES string of the molecule is Cc1ccc(S(=O)(=O)NC(=O)Cc2ccc(N=C3NC(=O)/C(=C\c4ccc(-n5cnnn5)cc4OCc4ccccc4)S3)cc2)cc1. The fourth-order valence-corrected chi connectivity index (χ4v) is 6.32. The lowest BCUT2D eigenvalue weighted by Gasteiger charge is -2.12. The van der Waals surface area contributed by atoms with E-state index in [2.05, 4.69) is 30.6 Å². The highest BCUT2D eigenvalue weighted by Gasteiger charge is 2.25. The first kappa shape index (κ1) is 31.4. The summed E-state index contributed by atoms with van der Waals surface area (Å²) in [4.78, 5) is 30.3. The van der Waals surface area contributed by atoms with E-state index in [1.54, 1.807) is 48.5 Å². The highest BCUT2D eigenvalue weighted by Crippen LogP contribution is 2.32. The van der Waals surface area contributed by atoms with Crippen molar-refractivity contribution >= 4 is 50.5 Å². The van der Waals surface area contributed by atoms with Crippen molar-refractivity contribution in [3.8, 4) is 11.4 Å². The third-order valence-corrected chi connectivity index (χ3v) is 9.20. The molecule has 0 atom stereocenters. The molecule has 47 heavy (non-hydrogen) atoms. The summed E-state index contributed by atoms with van der Waals surface area (Å²) in [6.45, 7) is 2.17. The summed E-state index contributed by atoms with van der Waals surface area (Å²) in [5.41, 5.74) is 4.42. The van der Waals surface area contributed by atoms with E-state index < -0.39 is 15.9 Å². The summed E-state index contributed by atoms with van der Waals surface area (Å²) in [6.07, 6.45) is 3.08. The van der Waals surface area contributed by atoms with Crippen LogP contribution in [0.2, 0.25) is 0 Å². The van der Waals surface area contributed by atoms with E-state index in [9.17, 15) is 18.0 Å². The van der Waals surface area contributed by atoms with Crippen molar-refractivity contribution < 1.29 is 22.7 Å². The predicted molar refractivity (Wildman–Crippen MR) is 177 cm³/mol. The lowest BCUT2D eigenvalue weighted by Crippen LogP contribution is -2.31. The minimum Gasteiger partial charge on any atom is -0.488 e. The van der Waals surface area contributed by atoms with Gasteiger partial charge in [0.2, 0.25) is 5.91 Å². The molecule has 5 aromatic rings. The number of hydrogen-bond donors (Lipinski definition) is 2. The number of tetrazole rings is 1. The Morgan fingerprint density at radius 1 is 1.00 bits per heavy atom. The molecule has 4 aromatic carbocycles. The molecule has 0 spiro atoms. The first-order chi connectivity index (χ1) is 22.7. The number of rotatable bonds is 10. The largest absolute Gasteiger partial charge is 0.488 e. The van der Waals surface area contributed by atoms with Gasteiger partial charge in [-0.1, -0.05) is 60.2 Å². The van der Waals surface area contributed by atoms with Gasteiger partial charge in [0.1, 0.15) is 18.7 Å². The van der Waals surface area contributed by atoms with Crippen LogP contribution in [0.25, 0.3) is 11.8 Å². The zero-order valence-corrected chi connectivity index (χ0v) is 26.5. The molecule has 1 aliphatic heterocycles. The number of hydrogen-bond acceptors (Lipinski definition) is 10. The minimum atomic E-state index is -3.97. The summed E-state index contributed by atoms with van der Waals surface area (Å²) in [5.74, 6) is -0.425. The Bertz CT molecular complexity index is 2080. The van der Waals surface area contributed by atoms with Crippen LogP contribution in [0, 0.1) is 6.92 Å². The third-order valence-electron chi connectivity index (χ3n) is 6.90. The molecule has 1 aliphatic rings. The highest BCUT2D eigenvalue weighted by molar-refractivity contribution is 8.18. The van der Waals surface area contributed by atoms with Crippen LogP contribution < -0.4 is 14.8 Å². The first-order valence-corrected chi connectivity index (χ1v) is 16.6. The summed E-state index contributed by atoms with van der Waals surface area (Å²) >= 11 is 1.18. The van der Waals surface area contributed by atoms with E-state index in [1.807, 2.05) is 49.4 Å². The van der Waals surface area contributed by atoms with Crippen molar-refractivity contribution in [1.82, 2.24) is 30.2 Å². The van der Waals surface area contributed by atoms with Gasteiger partial charge in [0.05, 0.1) is 27.6 Å². The number of nitrogens with zero attached hydrogens (tertiary/aromatic N) is 5. The fourth-order valence-electron chi connectivity index (χ4n) is 4.50. The summed E-state index contributed by atoms with van der Waals surface area (Å²) in [5, 5.41) is 14.5. The number of sulfonamides is 1. The molecule has 14 heteroatoms. The van der Waals surface area contributed by atoms with Crippen molar-refractivity contribution in [2.24, 2.45) is 4.99 Å². The van der Waals surface area contributed by atoms with Crippen LogP contribution in [0.5, 0.6) is 5.75 Å². The van der Waals surface area contributed by atoms with E-state index >= 15 is 0 Å². The van der Waals surface area contributed by atoms with Crippen LogP contribution in [-0.4, -0.2) is 45.6 Å². The number of thioether (sulfide) groups is 1. The van der Waals surface area contributed by atoms with Gasteiger partial charge in [0.25, 0.3) is 15.9 Å². The summed E-state index contributed by atoms with van der Waals surface area (Å²) in [6, 6.07) is 28.1. The molecule has 2 heterocycles. The number of carbonyl (C=O) groups is 2. The summed E-state index contributed by atoms with van der Waals surface area (Å²) in [7, 11) is -3.97. The third kappa shape index (κ3) is 7.98. The monoisotopic (exact) mass is 665 g/mol. The number of ether oxygens (including phenoxy) is 1. The molecule has 1 saturated heterocycles. The Hall–Kier alpha value is -5.60. The Balaban J connectivity index is 1.13. The maximum Gasteiger partial charge on any atom is 0.264 e. The predicted octanol–water partition coefficient (Wildman–Crippen LogP) is 4.49. The number of benzene rings is 4. The number of aromatic nitrogens is 4. The van der Waals surface area contributed by atoms with Gasteiger partial charge < -0.3 is 10.1 Å². The second kappa shape index (κ2) is 13.8. The van der Waals surface area contributed by atoms with E-state index in [0.29, 0.717) is 44.9 Å². The number of aryl methyl sites for hydroxylation is 1. The lowest BCUT2D eigenvalue weighted by molar-refractivity contribution is -0.118. The molecule has 0 saturated carbocycles. The fraction of sp³-hybridized carbons (Fsp3) is 0.0909. The topological polar surface area (TPSA) is 158 Å². The molecular weight excluding hydrogens is 639 g/mol. The van der Waals surface area contributed by atoms with Gasteiger partial charge in [-0.25, -0.2) is 22.8 Å². The molecule has 0 radical (unpaired) electrons. The molecule has 0 unspecified atom stereocenters. The van der Waals surface area contributed by atoms with Crippen molar-refractivity contribution in [3.63, 3.8) is 0 Å². The smallest absolute Gasteiger partial charge is 0.264 e. The Morgan fingerprint density at radius 2 is 1.77 bits per heavy atom. The van der Waals surface area contributed by atoms with Crippen molar-refractivity contribution in [2.45, 2.75) is 24.8 Å². The van der Waals surface area contributed by atoms with Crippen LogP contribution >= 0.6 is 11.8 Å². The average Bonchev–Trinajstić information content (AvgIpc) is 3.72. The zero-order valence-electron chi connectivity index (χ0n) is 24.9. The van der Waals surface area contributed by atoms with Gasteiger partial charge in [-0.2, -0.15) is 0 Å². The Kier molecular flexibility index (Phi) is 9.22. The van der Waals surface area contributed by atoms with Crippen molar-refractivity contribution in [3.05, 3.63) is 131 Å². The normalized spacial score (nSPS) is 14.7. The van der Waals surface area contributed by atoms with Gasteiger partial charge in [0, 0.05) is 11.6 Å². The molecule has 1 fully saturated rings. The Morgan fingerprint density at radius 3 is 2.49 bits per heavy atom. The average molecular weight is 666 g/mol. The van der Waals surface area contributed by atoms with E-state index in [1.165, 1.54) is 34.9 Å². The van der Waals surface area contributed by atoms with Gasteiger partial charge >= 0.3 is 0 Å². The number of aliphatic imine (C=N–C) groups is 1. The molecule has 236 valence electrons. The highest BCUT2D eigenvalue weighted by atomic mass is 32.2. The number of nitrogens with one attached hydrogen (secondary N) is 2. The van der Waals surface area contributed by atoms with Gasteiger partial charge in [0.15, 0.2) is 5.17 Å².